The molecule has 3 aromatic rings. The van der Waals surface area contributed by atoms with Gasteiger partial charge in [0.1, 0.15) is 48.1 Å². The molecule has 2 heterocycles. The van der Waals surface area contributed by atoms with Crippen LogP contribution in [-0.4, -0.2) is 138 Å². The van der Waals surface area contributed by atoms with Crippen molar-refractivity contribution in [3.8, 4) is 11.5 Å². The van der Waals surface area contributed by atoms with Crippen LogP contribution in [-0.2, 0) is 43.5 Å². The Kier molecular flexibility index (Phi) is 23.7. The summed E-state index contributed by atoms with van der Waals surface area (Å²) in [4.78, 5) is 0. The maximum atomic E-state index is 10.3. The highest BCUT2D eigenvalue weighted by Crippen LogP contribution is 2.36. The molecule has 10 N–H and O–H groups in total. The summed E-state index contributed by atoms with van der Waals surface area (Å²) in [6, 6.07) is 19.7. The van der Waals surface area contributed by atoms with E-state index in [1.54, 1.807) is 13.0 Å². The first-order valence-corrected chi connectivity index (χ1v) is 26.1. The molecule has 3 aromatic carbocycles. The first-order chi connectivity index (χ1) is 34.3. The summed E-state index contributed by atoms with van der Waals surface area (Å²) in [5, 5.41) is 79.5. The van der Waals surface area contributed by atoms with Gasteiger partial charge in [-0.2, -0.15) is 0 Å². The molecule has 17 nitrogen and oxygen atoms in total. The number of aliphatic hydroxyl groups excluding tert-OH is 7. The van der Waals surface area contributed by atoms with Gasteiger partial charge in [-0.15, -0.1) is 0 Å². The quantitative estimate of drug-likeness (QED) is 0.0689. The SMILES string of the molecule is CC(C)(C)Nc1cc(COC(C)(C)C)ccc1OC1OC(CO)C(O)C(O)C1O.CC(C)(C)Nc1ccc(COC(C)(C)C)cc1.CC1C(Oc2ccc(COC(C)(C)C)cc2NC(C)(C)C)OC(CO)C(O)C1O. The Balaban J connectivity index is 0.000000308. The van der Waals surface area contributed by atoms with Crippen LogP contribution in [0.5, 0.6) is 11.5 Å². The Morgan fingerprint density at radius 2 is 0.773 bits per heavy atom. The Morgan fingerprint density at radius 3 is 1.15 bits per heavy atom. The molecule has 2 aliphatic heterocycles. The summed E-state index contributed by atoms with van der Waals surface area (Å²) < 4.78 is 40.5. The average molecular weight is 1060 g/mol. The van der Waals surface area contributed by atoms with Gasteiger partial charge in [0.15, 0.2) is 0 Å². The maximum Gasteiger partial charge on any atom is 0.229 e. The summed E-state index contributed by atoms with van der Waals surface area (Å²) in [7, 11) is 0. The number of aliphatic hydroxyl groups is 7. The predicted molar refractivity (Wildman–Crippen MR) is 295 cm³/mol. The molecule has 10 unspecified atom stereocenters. The molecule has 75 heavy (non-hydrogen) atoms. The van der Waals surface area contributed by atoms with E-state index >= 15 is 0 Å². The standard InChI is InChI=1S/C22H37NO6.C21H35NO7.C15H25NO/c1-13-18(25)19(26)17(11-24)29-20(13)28-16-9-8-14(12-27-22(5,6)7)10-15(16)23-21(2,3)4;1-20(2,3)22-13-9-12(11-27-21(4,5)6)7-8-14(13)28-19-18(26)17(25)16(24)15(10-23)29-19;1-14(2,3)16-13-9-7-12(8-10-13)11-17-15(4,5)6/h8-10,13,17-20,23-26H,11-12H2,1-7H3;7-9,15-19,22-26H,10-11H2,1-6H3;7-10,16H,11H2,1-6H3. The summed E-state index contributed by atoms with van der Waals surface area (Å²) in [5.74, 6) is 0.500. The van der Waals surface area contributed by atoms with Crippen LogP contribution in [0.2, 0.25) is 0 Å². The Labute approximate surface area is 448 Å². The van der Waals surface area contributed by atoms with Gasteiger partial charge in [0.2, 0.25) is 12.6 Å². The van der Waals surface area contributed by atoms with E-state index in [9.17, 15) is 35.7 Å². The smallest absolute Gasteiger partial charge is 0.229 e. The highest BCUT2D eigenvalue weighted by atomic mass is 16.7. The summed E-state index contributed by atoms with van der Waals surface area (Å²) >= 11 is 0. The molecule has 0 saturated carbocycles. The van der Waals surface area contributed by atoms with E-state index in [4.69, 9.17) is 33.2 Å². The second-order valence-corrected chi connectivity index (χ2v) is 25.7. The monoisotopic (exact) mass is 1060 g/mol. The molecule has 5 rings (SSSR count). The number of hydrogen-bond donors (Lipinski definition) is 10. The molecular formula is C58H97N3O14. The summed E-state index contributed by atoms with van der Waals surface area (Å²) in [6.45, 7) is 39.2. The Hall–Kier alpha value is -3.82. The van der Waals surface area contributed by atoms with Crippen molar-refractivity contribution in [1.82, 2.24) is 0 Å². The lowest BCUT2D eigenvalue weighted by molar-refractivity contribution is -0.277. The van der Waals surface area contributed by atoms with E-state index in [-0.39, 0.29) is 33.4 Å². The summed E-state index contributed by atoms with van der Waals surface area (Å²) in [6.07, 6.45) is -10.6. The molecule has 0 radical (unpaired) electrons. The minimum absolute atomic E-state index is 0.0810. The molecule has 0 aromatic heterocycles. The van der Waals surface area contributed by atoms with Crippen molar-refractivity contribution in [1.29, 1.82) is 0 Å². The third-order valence-electron chi connectivity index (χ3n) is 11.1. The third-order valence-corrected chi connectivity index (χ3v) is 11.1. The second-order valence-electron chi connectivity index (χ2n) is 25.7. The first kappa shape index (κ1) is 65.5. The Morgan fingerprint density at radius 1 is 0.427 bits per heavy atom. The van der Waals surface area contributed by atoms with Crippen LogP contribution in [0.4, 0.5) is 17.1 Å². The topological polar surface area (TPSA) is 242 Å². The predicted octanol–water partition coefficient (Wildman–Crippen LogP) is 8.27. The van der Waals surface area contributed by atoms with Crippen LogP contribution in [0.3, 0.4) is 0 Å². The van der Waals surface area contributed by atoms with Crippen LogP contribution in [0.1, 0.15) is 148 Å². The molecule has 2 fully saturated rings. The average Bonchev–Trinajstić information content (AvgIpc) is 3.27. The lowest BCUT2D eigenvalue weighted by Gasteiger charge is -2.41. The van der Waals surface area contributed by atoms with Crippen molar-refractivity contribution >= 4 is 17.1 Å². The first-order valence-electron chi connectivity index (χ1n) is 26.1. The van der Waals surface area contributed by atoms with Gasteiger partial charge in [-0.1, -0.05) is 31.2 Å². The van der Waals surface area contributed by atoms with Gasteiger partial charge in [0, 0.05) is 28.2 Å². The number of benzene rings is 3. The van der Waals surface area contributed by atoms with Gasteiger partial charge in [0.25, 0.3) is 0 Å². The Bertz CT molecular complexity index is 2030. The number of nitrogens with one attached hydrogen (secondary N) is 3. The van der Waals surface area contributed by atoms with Crippen molar-refractivity contribution in [3.63, 3.8) is 0 Å². The fourth-order valence-electron chi connectivity index (χ4n) is 7.33. The van der Waals surface area contributed by atoms with Crippen molar-refractivity contribution in [2.75, 3.05) is 29.2 Å². The van der Waals surface area contributed by atoms with Crippen molar-refractivity contribution in [2.24, 2.45) is 5.92 Å². The largest absolute Gasteiger partial charge is 0.462 e. The minimum atomic E-state index is -1.50. The van der Waals surface area contributed by atoms with Crippen LogP contribution >= 0.6 is 0 Å². The van der Waals surface area contributed by atoms with Crippen LogP contribution in [0.25, 0.3) is 0 Å². The van der Waals surface area contributed by atoms with Gasteiger partial charge >= 0.3 is 0 Å². The van der Waals surface area contributed by atoms with Crippen LogP contribution in [0.15, 0.2) is 60.7 Å². The molecule has 2 aliphatic rings. The minimum Gasteiger partial charge on any atom is -0.462 e. The van der Waals surface area contributed by atoms with Crippen molar-refractivity contribution in [2.45, 2.75) is 240 Å². The number of hydrogen-bond acceptors (Lipinski definition) is 17. The van der Waals surface area contributed by atoms with E-state index in [2.05, 4.69) is 103 Å². The van der Waals surface area contributed by atoms with Gasteiger partial charge in [-0.3, -0.25) is 0 Å². The lowest BCUT2D eigenvalue weighted by Crippen LogP contribution is -2.60. The van der Waals surface area contributed by atoms with Crippen LogP contribution < -0.4 is 25.4 Å². The molecule has 0 amide bonds. The van der Waals surface area contributed by atoms with Gasteiger partial charge < -0.3 is 84.9 Å². The number of ether oxygens (including phenoxy) is 7. The van der Waals surface area contributed by atoms with Gasteiger partial charge in [-0.25, -0.2) is 0 Å². The van der Waals surface area contributed by atoms with E-state index < -0.39 is 74.4 Å². The fourth-order valence-corrected chi connectivity index (χ4v) is 7.33. The van der Waals surface area contributed by atoms with Gasteiger partial charge in [0.05, 0.1) is 67.3 Å². The van der Waals surface area contributed by atoms with E-state index in [0.29, 0.717) is 37.0 Å². The zero-order chi connectivity index (χ0) is 57.1. The van der Waals surface area contributed by atoms with E-state index in [1.165, 1.54) is 5.56 Å². The zero-order valence-electron chi connectivity index (χ0n) is 48.6. The highest BCUT2D eigenvalue weighted by molar-refractivity contribution is 5.60. The molecule has 0 spiro atoms. The maximum absolute atomic E-state index is 10.3. The number of rotatable bonds is 15. The van der Waals surface area contributed by atoms with E-state index in [0.717, 1.165) is 22.5 Å². The molecule has 428 valence electrons. The molecule has 10 atom stereocenters. The summed E-state index contributed by atoms with van der Waals surface area (Å²) in [5.41, 5.74) is 4.78. The van der Waals surface area contributed by atoms with Crippen molar-refractivity contribution in [3.05, 3.63) is 77.4 Å². The third kappa shape index (κ3) is 23.8. The zero-order valence-corrected chi connectivity index (χ0v) is 48.6. The second kappa shape index (κ2) is 27.2. The fraction of sp³-hybridized carbons (Fsp3) is 0.690. The highest BCUT2D eigenvalue weighted by Gasteiger charge is 2.45. The molecule has 0 aliphatic carbocycles. The molecular weight excluding hydrogens is 963 g/mol. The van der Waals surface area contributed by atoms with Gasteiger partial charge in [-0.05, 0) is 178 Å². The molecule has 2 saturated heterocycles. The lowest BCUT2D eigenvalue weighted by atomic mass is 9.92. The number of anilines is 3. The van der Waals surface area contributed by atoms with Crippen LogP contribution in [0, 0.1) is 5.92 Å². The molecule has 17 heteroatoms. The normalized spacial score (nSPS) is 24.7. The van der Waals surface area contributed by atoms with Crippen molar-refractivity contribution < 1.29 is 68.9 Å². The van der Waals surface area contributed by atoms with E-state index in [1.807, 2.05) is 92.6 Å². The molecule has 0 bridgehead atoms.